The van der Waals surface area contributed by atoms with Crippen molar-refractivity contribution in [2.45, 2.75) is 152 Å². The molecule has 9 rings (SSSR count). The van der Waals surface area contributed by atoms with Crippen molar-refractivity contribution < 1.29 is 54.3 Å². The van der Waals surface area contributed by atoms with E-state index >= 15 is 0 Å². The maximum absolute atomic E-state index is 4.26. The fourth-order valence-corrected chi connectivity index (χ4v) is 12.0. The third-order valence-electron chi connectivity index (χ3n) is 13.8. The Bertz CT molecular complexity index is 732. The second-order valence-electron chi connectivity index (χ2n) is 15.6. The molecule has 4 aliphatic carbocycles. The van der Waals surface area contributed by atoms with Crippen molar-refractivity contribution >= 4 is 0 Å². The second-order valence-corrected chi connectivity index (χ2v) is 15.6. The Kier molecular flexibility index (Phi) is 12.6. The number of nitrogens with one attached hydrogen (secondary N) is 8. The Morgan fingerprint density at radius 2 is 0.341 bits per heavy atom. The van der Waals surface area contributed by atoms with Crippen LogP contribution in [-0.2, 0) is 17.1 Å². The normalized spacial score (nSPS) is 52.4. The van der Waals surface area contributed by atoms with Crippen LogP contribution in [0.15, 0.2) is 0 Å². The summed E-state index contributed by atoms with van der Waals surface area (Å²) in [6, 6.07) is 0. The molecule has 9 aliphatic rings. The molecule has 9 fully saturated rings. The fourth-order valence-electron chi connectivity index (χ4n) is 12.0. The maximum Gasteiger partial charge on any atom is 3.00 e. The zero-order valence-electron chi connectivity index (χ0n) is 26.0. The predicted octanol–water partition coefficient (Wildman–Crippen LogP) is -6.38. The van der Waals surface area contributed by atoms with Gasteiger partial charge in [-0.15, -0.1) is 0 Å². The molecule has 8 N–H and O–H groups in total. The molecule has 5 aliphatic heterocycles. The van der Waals surface area contributed by atoms with Crippen LogP contribution in [0.3, 0.4) is 0 Å². The molecular formula is C32H56Cl3FeN8. The Morgan fingerprint density at radius 3 is 0.455 bits per heavy atom. The van der Waals surface area contributed by atoms with Crippen LogP contribution in [0, 0.1) is 47.3 Å². The standard InChI is InChI=1S/C32H56N8.3ClH.Fe/c1-2-10-18-17(9-1)25-33-26(18)38-28-21-13-5-6-14-22(21)30(35-28)40-32-24-16-8-7-15-23(24)31(36-32)39-29-20-12-4-3-11-19(20)27(34-29)37-25;;;;/h17-40H,1-16H2;3*1H;/q;;;;+3/p-3. The summed E-state index contributed by atoms with van der Waals surface area (Å²) in [5, 5.41) is 33.8. The van der Waals surface area contributed by atoms with Gasteiger partial charge in [-0.25, -0.2) is 0 Å². The fraction of sp³-hybridized carbons (Fsp3) is 1.00. The van der Waals surface area contributed by atoms with Crippen molar-refractivity contribution in [1.82, 2.24) is 42.5 Å². The molecule has 1 radical (unpaired) electrons. The van der Waals surface area contributed by atoms with E-state index in [9.17, 15) is 0 Å². The van der Waals surface area contributed by atoms with Crippen LogP contribution in [0.25, 0.3) is 0 Å². The molecule has 0 amide bonds. The van der Waals surface area contributed by atoms with E-state index in [1.807, 2.05) is 0 Å². The summed E-state index contributed by atoms with van der Waals surface area (Å²) < 4.78 is 0. The molecule has 8 nitrogen and oxygen atoms in total. The van der Waals surface area contributed by atoms with E-state index in [1.54, 1.807) is 0 Å². The van der Waals surface area contributed by atoms with Crippen molar-refractivity contribution in [1.29, 1.82) is 0 Å². The van der Waals surface area contributed by atoms with Crippen molar-refractivity contribution in [3.05, 3.63) is 0 Å². The van der Waals surface area contributed by atoms with Crippen LogP contribution >= 0.6 is 0 Å². The topological polar surface area (TPSA) is 96.2 Å². The van der Waals surface area contributed by atoms with Gasteiger partial charge in [-0.05, 0) is 98.7 Å². The molecule has 44 heavy (non-hydrogen) atoms. The molecule has 0 aromatic carbocycles. The molecule has 0 aromatic rings. The number of fused-ring (bicyclic) bond motifs is 20. The van der Waals surface area contributed by atoms with E-state index < -0.39 is 0 Å². The molecule has 253 valence electrons. The van der Waals surface area contributed by atoms with Crippen LogP contribution in [0.5, 0.6) is 0 Å². The molecule has 4 saturated carbocycles. The summed E-state index contributed by atoms with van der Waals surface area (Å²) in [5.74, 6) is 5.97. The van der Waals surface area contributed by atoms with Gasteiger partial charge in [-0.1, -0.05) is 51.4 Å². The van der Waals surface area contributed by atoms with Crippen LogP contribution in [0.4, 0.5) is 0 Å². The van der Waals surface area contributed by atoms with Crippen LogP contribution < -0.4 is 79.8 Å². The average Bonchev–Trinajstić information content (AvgIpc) is 3.73. The van der Waals surface area contributed by atoms with E-state index in [-0.39, 0.29) is 54.3 Å². The van der Waals surface area contributed by atoms with Gasteiger partial charge >= 0.3 is 17.1 Å². The Balaban J connectivity index is 0.000000960. The van der Waals surface area contributed by atoms with Gasteiger partial charge in [0, 0.05) is 0 Å². The summed E-state index contributed by atoms with van der Waals surface area (Å²) in [7, 11) is 0. The monoisotopic (exact) mass is 713 g/mol. The minimum Gasteiger partial charge on any atom is -1.00 e. The van der Waals surface area contributed by atoms with Gasteiger partial charge in [0.1, 0.15) is 0 Å². The summed E-state index contributed by atoms with van der Waals surface area (Å²) in [4.78, 5) is 0. The zero-order valence-corrected chi connectivity index (χ0v) is 29.4. The zero-order chi connectivity index (χ0) is 26.2. The number of hydrogen-bond acceptors (Lipinski definition) is 8. The summed E-state index contributed by atoms with van der Waals surface area (Å²) >= 11 is 0. The molecule has 8 unspecified atom stereocenters. The van der Waals surface area contributed by atoms with Gasteiger partial charge in [0.25, 0.3) is 0 Å². The van der Waals surface area contributed by atoms with Crippen LogP contribution in [0.1, 0.15) is 103 Å². The molecule has 5 heterocycles. The first-order valence-electron chi connectivity index (χ1n) is 17.9. The first-order chi connectivity index (χ1) is 19.8. The summed E-state index contributed by atoms with van der Waals surface area (Å²) in [6.45, 7) is 0. The molecule has 12 heteroatoms. The third-order valence-corrected chi connectivity index (χ3v) is 13.8. The molecule has 8 bridgehead atoms. The number of hydrogen-bond donors (Lipinski definition) is 8. The quantitative estimate of drug-likeness (QED) is 0.118. The first kappa shape index (κ1) is 36.4. The van der Waals surface area contributed by atoms with E-state index in [4.69, 9.17) is 0 Å². The van der Waals surface area contributed by atoms with E-state index in [1.165, 1.54) is 103 Å². The Hall–Kier alpha value is 1.07. The van der Waals surface area contributed by atoms with E-state index in [0.29, 0.717) is 49.3 Å². The first-order valence-corrected chi connectivity index (χ1v) is 17.9. The minimum atomic E-state index is 0. The SMILES string of the molecule is C1CCC2C3NC(NC4NC(NC5NC(NC6NC(N3)C3CCCCC63)C3CCCCC53)C3CCCCC43)C2C1.[Cl-].[Cl-].[Cl-].[Fe+3]. The average molecular weight is 715 g/mol. The molecule has 0 spiro atoms. The van der Waals surface area contributed by atoms with Crippen LogP contribution in [0.2, 0.25) is 0 Å². The van der Waals surface area contributed by atoms with Gasteiger partial charge in [-0.2, -0.15) is 0 Å². The number of rotatable bonds is 0. The maximum atomic E-state index is 4.26. The van der Waals surface area contributed by atoms with E-state index in [2.05, 4.69) is 42.5 Å². The van der Waals surface area contributed by atoms with E-state index in [0.717, 1.165) is 47.3 Å². The largest absolute Gasteiger partial charge is 3.00 e. The van der Waals surface area contributed by atoms with Crippen molar-refractivity contribution in [2.75, 3.05) is 0 Å². The molecule has 8 atom stereocenters. The van der Waals surface area contributed by atoms with Crippen LogP contribution in [-0.4, -0.2) is 49.3 Å². The summed E-state index contributed by atoms with van der Waals surface area (Å²) in [6.07, 6.45) is 25.6. The Labute approximate surface area is 294 Å². The van der Waals surface area contributed by atoms with Gasteiger partial charge in [0.05, 0.1) is 49.3 Å². The minimum absolute atomic E-state index is 0. The van der Waals surface area contributed by atoms with Crippen molar-refractivity contribution in [2.24, 2.45) is 47.3 Å². The third kappa shape index (κ3) is 6.41. The van der Waals surface area contributed by atoms with Gasteiger partial charge in [0.15, 0.2) is 0 Å². The smallest absolute Gasteiger partial charge is 1.00 e. The predicted molar refractivity (Wildman–Crippen MR) is 157 cm³/mol. The Morgan fingerprint density at radius 1 is 0.227 bits per heavy atom. The van der Waals surface area contributed by atoms with Crippen molar-refractivity contribution in [3.8, 4) is 0 Å². The molecular weight excluding hydrogens is 659 g/mol. The second kappa shape index (κ2) is 15.3. The van der Waals surface area contributed by atoms with Gasteiger partial charge in [-0.3, -0.25) is 42.5 Å². The van der Waals surface area contributed by atoms with Gasteiger partial charge < -0.3 is 37.2 Å². The summed E-state index contributed by atoms with van der Waals surface area (Å²) in [5.41, 5.74) is 0. The van der Waals surface area contributed by atoms with Gasteiger partial charge in [0.2, 0.25) is 0 Å². The number of halogens is 3. The molecule has 5 saturated heterocycles. The van der Waals surface area contributed by atoms with Crippen molar-refractivity contribution in [3.63, 3.8) is 0 Å². The molecule has 0 aromatic heterocycles.